The predicted molar refractivity (Wildman–Crippen MR) is 73.9 cm³/mol. The maximum absolute atomic E-state index is 4.03. The van der Waals surface area contributed by atoms with Gasteiger partial charge in [-0.15, -0.1) is 0 Å². The molecule has 0 saturated carbocycles. The highest BCUT2D eigenvalue weighted by molar-refractivity contribution is 7.32. The monoisotopic (exact) mass is 247 g/mol. The molecule has 5 heteroatoms. The highest BCUT2D eigenvalue weighted by Gasteiger charge is 2.35. The van der Waals surface area contributed by atoms with Crippen LogP contribution in [0.1, 0.15) is 13.3 Å². The van der Waals surface area contributed by atoms with Crippen molar-refractivity contribution in [3.63, 3.8) is 0 Å². The lowest BCUT2D eigenvalue weighted by atomic mass is 10.6. The fourth-order valence-electron chi connectivity index (χ4n) is 1.56. The van der Waals surface area contributed by atoms with E-state index in [1.54, 1.807) is 0 Å². The zero-order valence-electron chi connectivity index (χ0n) is 10.9. The van der Waals surface area contributed by atoms with E-state index in [4.69, 9.17) is 0 Å². The lowest BCUT2D eigenvalue weighted by Crippen LogP contribution is -2.71. The Bertz CT molecular complexity index is 173. The first-order valence-corrected chi connectivity index (χ1v) is 14.8. The highest BCUT2D eigenvalue weighted by atomic mass is 29.2. The van der Waals surface area contributed by atoms with Gasteiger partial charge in [-0.05, 0) is 19.6 Å². The highest BCUT2D eigenvalue weighted by Crippen LogP contribution is 2.11. The molecular formula is C9H27N2Si3. The van der Waals surface area contributed by atoms with E-state index in [-0.39, 0.29) is 8.31 Å². The van der Waals surface area contributed by atoms with E-state index in [2.05, 4.69) is 56.3 Å². The molecule has 0 aromatic heterocycles. The van der Waals surface area contributed by atoms with E-state index < -0.39 is 16.2 Å². The van der Waals surface area contributed by atoms with E-state index in [0.29, 0.717) is 0 Å². The molecule has 0 rings (SSSR count). The second kappa shape index (κ2) is 5.60. The summed E-state index contributed by atoms with van der Waals surface area (Å²) in [7, 11) is -0.484. The molecule has 0 spiro atoms. The molecule has 0 fully saturated rings. The van der Waals surface area contributed by atoms with E-state index in [9.17, 15) is 0 Å². The van der Waals surface area contributed by atoms with Crippen LogP contribution in [0.25, 0.3) is 0 Å². The van der Waals surface area contributed by atoms with Gasteiger partial charge in [0.2, 0.25) is 0 Å². The molecule has 0 aliphatic heterocycles. The summed E-state index contributed by atoms with van der Waals surface area (Å²) in [6, 6.07) is 1.34. The Hall–Kier alpha value is 0.571. The van der Waals surface area contributed by atoms with E-state index in [1.807, 2.05) is 0 Å². The Morgan fingerprint density at radius 2 is 1.64 bits per heavy atom. The third-order valence-electron chi connectivity index (χ3n) is 3.14. The van der Waals surface area contributed by atoms with Crippen LogP contribution in [0.3, 0.4) is 0 Å². The molecule has 1 unspecified atom stereocenters. The van der Waals surface area contributed by atoms with Crippen LogP contribution in [0.5, 0.6) is 0 Å². The molecule has 0 aliphatic carbocycles. The number of hydrogen-bond acceptors (Lipinski definition) is 2. The Morgan fingerprint density at radius 1 is 1.14 bits per heavy atom. The molecule has 0 heterocycles. The van der Waals surface area contributed by atoms with Crippen molar-refractivity contribution >= 4 is 24.5 Å². The van der Waals surface area contributed by atoms with Gasteiger partial charge >= 0.3 is 0 Å². The quantitative estimate of drug-likeness (QED) is 0.704. The molecule has 0 aliphatic rings. The predicted octanol–water partition coefficient (Wildman–Crippen LogP) is 2.32. The minimum atomic E-state index is -1.33. The maximum Gasteiger partial charge on any atom is 0.191 e. The lowest BCUT2D eigenvalue weighted by molar-refractivity contribution is 0.959. The van der Waals surface area contributed by atoms with Crippen molar-refractivity contribution in [2.75, 3.05) is 7.05 Å². The summed E-state index contributed by atoms with van der Waals surface area (Å²) in [6.45, 7) is 14.6. The van der Waals surface area contributed by atoms with Gasteiger partial charge in [0.1, 0.15) is 7.75 Å². The zero-order valence-corrected chi connectivity index (χ0v) is 13.9. The van der Waals surface area contributed by atoms with Crippen LogP contribution in [0.4, 0.5) is 0 Å². The van der Waals surface area contributed by atoms with E-state index in [0.717, 1.165) is 0 Å². The van der Waals surface area contributed by atoms with E-state index >= 15 is 0 Å². The van der Waals surface area contributed by atoms with E-state index in [1.165, 1.54) is 12.5 Å². The average Bonchev–Trinajstić information content (AvgIpc) is 2.03. The van der Waals surface area contributed by atoms with Crippen molar-refractivity contribution in [3.05, 3.63) is 0 Å². The fraction of sp³-hybridized carbons (Fsp3) is 1.00. The summed E-state index contributed by atoms with van der Waals surface area (Å²) in [6.07, 6.45) is 1.29. The van der Waals surface area contributed by atoms with Crippen LogP contribution in [0, 0.1) is 0 Å². The summed E-state index contributed by atoms with van der Waals surface area (Å²) < 4.78 is 4.03. The summed E-state index contributed by atoms with van der Waals surface area (Å²) in [5.41, 5.74) is 0. The zero-order chi connectivity index (χ0) is 11.4. The Labute approximate surface area is 93.5 Å². The van der Waals surface area contributed by atoms with Crippen LogP contribution >= 0.6 is 0 Å². The normalized spacial score (nSPS) is 17.1. The van der Waals surface area contributed by atoms with Crippen LogP contribution in [0.15, 0.2) is 0 Å². The molecule has 1 atom stereocenters. The van der Waals surface area contributed by atoms with Gasteiger partial charge in [0.05, 0.1) is 8.31 Å². The molecule has 14 heavy (non-hydrogen) atoms. The summed E-state index contributed by atoms with van der Waals surface area (Å²) in [5, 5.41) is 0. The van der Waals surface area contributed by atoms with Gasteiger partial charge in [-0.3, -0.25) is 0 Å². The average molecular weight is 248 g/mol. The SMILES string of the molecule is CCC[Si](C)(NC)N[Si](C)(C)[Si](C)C. The molecule has 2 N–H and O–H groups in total. The summed E-state index contributed by atoms with van der Waals surface area (Å²) in [5.74, 6) is 0. The van der Waals surface area contributed by atoms with Crippen LogP contribution in [-0.2, 0) is 0 Å². The van der Waals surface area contributed by atoms with Crippen molar-refractivity contribution in [3.8, 4) is 0 Å². The van der Waals surface area contributed by atoms with Crippen molar-refractivity contribution < 1.29 is 0 Å². The van der Waals surface area contributed by atoms with Crippen LogP contribution < -0.4 is 9.63 Å². The molecule has 0 aromatic rings. The minimum absolute atomic E-state index is 0.149. The third kappa shape index (κ3) is 4.39. The van der Waals surface area contributed by atoms with Gasteiger partial charge in [-0.2, -0.15) is 0 Å². The second-order valence-electron chi connectivity index (χ2n) is 5.08. The van der Waals surface area contributed by atoms with Crippen LogP contribution in [0.2, 0.25) is 38.8 Å². The summed E-state index contributed by atoms with van der Waals surface area (Å²) >= 11 is 0. The smallest absolute Gasteiger partial charge is 0.191 e. The van der Waals surface area contributed by atoms with Crippen LogP contribution in [-0.4, -0.2) is 31.5 Å². The molecular weight excluding hydrogens is 220 g/mol. The Balaban J connectivity index is 4.44. The number of nitrogens with one attached hydrogen (secondary N) is 2. The fourth-order valence-corrected chi connectivity index (χ4v) is 15.1. The van der Waals surface area contributed by atoms with Gasteiger partial charge in [-0.1, -0.05) is 39.5 Å². The van der Waals surface area contributed by atoms with Gasteiger partial charge < -0.3 is 9.63 Å². The first-order chi connectivity index (χ1) is 6.27. The molecule has 0 amide bonds. The van der Waals surface area contributed by atoms with Gasteiger partial charge in [-0.25, -0.2) is 0 Å². The van der Waals surface area contributed by atoms with Gasteiger partial charge in [0, 0.05) is 0 Å². The second-order valence-corrected chi connectivity index (χ2v) is 21.7. The molecule has 1 radical (unpaired) electrons. The first-order valence-electron chi connectivity index (χ1n) is 5.56. The lowest BCUT2D eigenvalue weighted by Gasteiger charge is -2.38. The molecule has 85 valence electrons. The largest absolute Gasteiger partial charge is 0.350 e. The molecule has 2 nitrogen and oxygen atoms in total. The molecule has 0 saturated heterocycles. The standard InChI is InChI=1S/C9H27N2Si3/c1-8-9-14(7,10-2)11-13(5,6)12(3)4/h10-11H,8-9H2,1-7H3. The molecule has 0 aromatic carbocycles. The van der Waals surface area contributed by atoms with Crippen molar-refractivity contribution in [2.45, 2.75) is 52.1 Å². The minimum Gasteiger partial charge on any atom is -0.350 e. The topological polar surface area (TPSA) is 24.1 Å². The Kier molecular flexibility index (Phi) is 5.83. The number of hydrogen-bond donors (Lipinski definition) is 2. The van der Waals surface area contributed by atoms with Gasteiger partial charge in [0.15, 0.2) is 8.40 Å². The Morgan fingerprint density at radius 3 is 1.93 bits per heavy atom. The summed E-state index contributed by atoms with van der Waals surface area (Å²) in [4.78, 5) is 3.57. The first kappa shape index (κ1) is 14.6. The molecule has 0 bridgehead atoms. The maximum atomic E-state index is 4.03. The number of rotatable bonds is 6. The van der Waals surface area contributed by atoms with Crippen molar-refractivity contribution in [1.29, 1.82) is 0 Å². The van der Waals surface area contributed by atoms with Crippen molar-refractivity contribution in [1.82, 2.24) is 9.63 Å². The van der Waals surface area contributed by atoms with Crippen molar-refractivity contribution in [2.24, 2.45) is 0 Å². The van der Waals surface area contributed by atoms with Gasteiger partial charge in [0.25, 0.3) is 0 Å². The third-order valence-corrected chi connectivity index (χ3v) is 21.6.